The largest absolute Gasteiger partial charge is 0.369 e. The molecule has 2 rings (SSSR count). The van der Waals surface area contributed by atoms with E-state index in [0.717, 1.165) is 32.7 Å². The molecule has 26 heavy (non-hydrogen) atoms. The van der Waals surface area contributed by atoms with Gasteiger partial charge in [0.2, 0.25) is 11.8 Å². The van der Waals surface area contributed by atoms with Gasteiger partial charge in [-0.15, -0.1) is 0 Å². The average Bonchev–Trinajstić information content (AvgIpc) is 2.59. The summed E-state index contributed by atoms with van der Waals surface area (Å²) in [6.07, 6.45) is 0. The Morgan fingerprint density at radius 2 is 1.85 bits per heavy atom. The third-order valence-corrected chi connectivity index (χ3v) is 4.77. The Balaban J connectivity index is 1.73. The maximum atomic E-state index is 12.3. The summed E-state index contributed by atoms with van der Waals surface area (Å²) in [5, 5.41) is 5.68. The second-order valence-electron chi connectivity index (χ2n) is 7.38. The fourth-order valence-corrected chi connectivity index (χ4v) is 3.26. The van der Waals surface area contributed by atoms with E-state index in [4.69, 9.17) is 0 Å². The zero-order chi connectivity index (χ0) is 19.1. The van der Waals surface area contributed by atoms with E-state index in [9.17, 15) is 9.59 Å². The first kappa shape index (κ1) is 20.2. The Morgan fingerprint density at radius 3 is 2.42 bits per heavy atom. The molecule has 144 valence electrons. The van der Waals surface area contributed by atoms with Crippen molar-refractivity contribution in [2.24, 2.45) is 5.92 Å². The van der Waals surface area contributed by atoms with Crippen LogP contribution in [0.2, 0.25) is 0 Å². The molecule has 1 aliphatic rings. The molecular formula is C20H32N4O2. The Bertz CT molecular complexity index is 610. The first-order valence-corrected chi connectivity index (χ1v) is 9.45. The lowest BCUT2D eigenvalue weighted by molar-refractivity contribution is -0.129. The number of aryl methyl sites for hydroxylation is 1. The van der Waals surface area contributed by atoms with Crippen molar-refractivity contribution < 1.29 is 9.59 Å². The Morgan fingerprint density at radius 1 is 1.15 bits per heavy atom. The summed E-state index contributed by atoms with van der Waals surface area (Å²) in [4.78, 5) is 28.3. The molecule has 0 radical (unpaired) electrons. The number of carbonyl (C=O) groups excluding carboxylic acids is 2. The minimum atomic E-state index is -0.467. The normalized spacial score (nSPS) is 16.4. The fraction of sp³-hybridized carbons (Fsp3) is 0.600. The molecule has 1 atom stereocenters. The number of carbonyl (C=O) groups is 2. The van der Waals surface area contributed by atoms with Crippen LogP contribution in [0.5, 0.6) is 0 Å². The van der Waals surface area contributed by atoms with Crippen LogP contribution in [0.15, 0.2) is 24.3 Å². The van der Waals surface area contributed by atoms with Crippen molar-refractivity contribution in [3.05, 3.63) is 29.8 Å². The first-order valence-electron chi connectivity index (χ1n) is 9.45. The lowest BCUT2D eigenvalue weighted by Crippen LogP contribution is -2.52. The van der Waals surface area contributed by atoms with E-state index in [0.29, 0.717) is 6.54 Å². The van der Waals surface area contributed by atoms with E-state index >= 15 is 0 Å². The second-order valence-corrected chi connectivity index (χ2v) is 7.38. The van der Waals surface area contributed by atoms with Crippen molar-refractivity contribution >= 4 is 17.5 Å². The monoisotopic (exact) mass is 360 g/mol. The van der Waals surface area contributed by atoms with Crippen LogP contribution in [0.3, 0.4) is 0 Å². The molecule has 1 aliphatic heterocycles. The number of piperazine rings is 1. The maximum Gasteiger partial charge on any atom is 0.242 e. The molecule has 1 heterocycles. The SMILES string of the molecule is CC(=O)NC(C(=O)NCCN1CCN(c2cccc(C)c2)CC1)C(C)C. The number of amides is 2. The van der Waals surface area contributed by atoms with Gasteiger partial charge in [-0.3, -0.25) is 14.5 Å². The lowest BCUT2D eigenvalue weighted by atomic mass is 10.0. The highest BCUT2D eigenvalue weighted by Crippen LogP contribution is 2.17. The number of rotatable bonds is 7. The zero-order valence-electron chi connectivity index (χ0n) is 16.4. The van der Waals surface area contributed by atoms with Crippen LogP contribution in [0.25, 0.3) is 0 Å². The van der Waals surface area contributed by atoms with Gasteiger partial charge in [0.15, 0.2) is 0 Å². The summed E-state index contributed by atoms with van der Waals surface area (Å²) in [5.74, 6) is -0.212. The highest BCUT2D eigenvalue weighted by atomic mass is 16.2. The van der Waals surface area contributed by atoms with Crippen LogP contribution in [-0.2, 0) is 9.59 Å². The molecule has 0 aromatic heterocycles. The predicted molar refractivity (Wildman–Crippen MR) is 105 cm³/mol. The molecule has 2 amide bonds. The van der Waals surface area contributed by atoms with Gasteiger partial charge in [0, 0.05) is 51.9 Å². The number of hydrogen-bond acceptors (Lipinski definition) is 4. The van der Waals surface area contributed by atoms with Gasteiger partial charge in [-0.25, -0.2) is 0 Å². The van der Waals surface area contributed by atoms with Crippen LogP contribution >= 0.6 is 0 Å². The van der Waals surface area contributed by atoms with Crippen LogP contribution < -0.4 is 15.5 Å². The molecule has 1 saturated heterocycles. The van der Waals surface area contributed by atoms with Gasteiger partial charge in [0.05, 0.1) is 0 Å². The number of nitrogens with zero attached hydrogens (tertiary/aromatic N) is 2. The van der Waals surface area contributed by atoms with Gasteiger partial charge < -0.3 is 15.5 Å². The topological polar surface area (TPSA) is 64.7 Å². The van der Waals surface area contributed by atoms with E-state index < -0.39 is 6.04 Å². The summed E-state index contributed by atoms with van der Waals surface area (Å²) >= 11 is 0. The third kappa shape index (κ3) is 6.02. The van der Waals surface area contributed by atoms with Crippen LogP contribution in [-0.4, -0.2) is 62.0 Å². The molecule has 0 aliphatic carbocycles. The van der Waals surface area contributed by atoms with Crippen LogP contribution in [0.1, 0.15) is 26.3 Å². The van der Waals surface area contributed by atoms with Crippen molar-refractivity contribution in [2.45, 2.75) is 33.7 Å². The number of nitrogens with one attached hydrogen (secondary N) is 2. The third-order valence-electron chi connectivity index (χ3n) is 4.77. The molecule has 0 spiro atoms. The van der Waals surface area contributed by atoms with Crippen LogP contribution in [0, 0.1) is 12.8 Å². The quantitative estimate of drug-likeness (QED) is 0.771. The summed E-state index contributed by atoms with van der Waals surface area (Å²) in [6, 6.07) is 8.15. The van der Waals surface area contributed by atoms with Crippen molar-refractivity contribution in [1.82, 2.24) is 15.5 Å². The van der Waals surface area contributed by atoms with E-state index in [1.54, 1.807) is 0 Å². The van der Waals surface area contributed by atoms with Gasteiger partial charge in [-0.05, 0) is 30.5 Å². The Kier molecular flexibility index (Phi) is 7.45. The smallest absolute Gasteiger partial charge is 0.242 e. The second kappa shape index (κ2) is 9.57. The summed E-state index contributed by atoms with van der Waals surface area (Å²) in [5.41, 5.74) is 2.57. The fourth-order valence-electron chi connectivity index (χ4n) is 3.26. The summed E-state index contributed by atoms with van der Waals surface area (Å²) < 4.78 is 0. The number of hydrogen-bond donors (Lipinski definition) is 2. The molecule has 1 fully saturated rings. The molecule has 1 unspecified atom stereocenters. The standard InChI is InChI=1S/C20H32N4O2/c1-15(2)19(22-17(4)25)20(26)21-8-9-23-10-12-24(13-11-23)18-7-5-6-16(3)14-18/h5-7,14-15,19H,8-13H2,1-4H3,(H,21,26)(H,22,25). The predicted octanol–water partition coefficient (Wildman–Crippen LogP) is 1.39. The van der Waals surface area contributed by atoms with Crippen molar-refractivity contribution in [3.8, 4) is 0 Å². The highest BCUT2D eigenvalue weighted by Gasteiger charge is 2.23. The maximum absolute atomic E-state index is 12.3. The van der Waals surface area contributed by atoms with E-state index in [2.05, 4.69) is 51.6 Å². The molecular weight excluding hydrogens is 328 g/mol. The summed E-state index contributed by atoms with van der Waals surface area (Å²) in [6.45, 7) is 12.8. The summed E-state index contributed by atoms with van der Waals surface area (Å²) in [7, 11) is 0. The van der Waals surface area contributed by atoms with Gasteiger partial charge in [0.25, 0.3) is 0 Å². The van der Waals surface area contributed by atoms with Gasteiger partial charge in [-0.1, -0.05) is 26.0 Å². The zero-order valence-corrected chi connectivity index (χ0v) is 16.4. The minimum Gasteiger partial charge on any atom is -0.369 e. The molecule has 0 saturated carbocycles. The first-order chi connectivity index (χ1) is 12.4. The van der Waals surface area contributed by atoms with E-state index in [1.807, 2.05) is 13.8 Å². The molecule has 0 bridgehead atoms. The van der Waals surface area contributed by atoms with E-state index in [-0.39, 0.29) is 17.7 Å². The lowest BCUT2D eigenvalue weighted by Gasteiger charge is -2.36. The number of benzene rings is 1. The van der Waals surface area contributed by atoms with Gasteiger partial charge in [-0.2, -0.15) is 0 Å². The molecule has 1 aromatic carbocycles. The molecule has 2 N–H and O–H groups in total. The van der Waals surface area contributed by atoms with Gasteiger partial charge in [0.1, 0.15) is 6.04 Å². The molecule has 6 nitrogen and oxygen atoms in total. The average molecular weight is 361 g/mol. The van der Waals surface area contributed by atoms with Crippen molar-refractivity contribution in [1.29, 1.82) is 0 Å². The van der Waals surface area contributed by atoms with Crippen molar-refractivity contribution in [3.63, 3.8) is 0 Å². The molecule has 1 aromatic rings. The van der Waals surface area contributed by atoms with Crippen LogP contribution in [0.4, 0.5) is 5.69 Å². The highest BCUT2D eigenvalue weighted by molar-refractivity contribution is 5.87. The van der Waals surface area contributed by atoms with Gasteiger partial charge >= 0.3 is 0 Å². The Hall–Kier alpha value is -2.08. The minimum absolute atomic E-state index is 0.0665. The number of anilines is 1. The molecule has 6 heteroatoms. The van der Waals surface area contributed by atoms with E-state index in [1.165, 1.54) is 18.2 Å². The van der Waals surface area contributed by atoms with Crippen molar-refractivity contribution in [2.75, 3.05) is 44.2 Å². The Labute approximate surface area is 156 Å².